The number of hydrogen-bond acceptors (Lipinski definition) is 6. The SMILES string of the molecule is FC(F)(F)CN1CCC(CNCc2csc(-c3ccc4c(c3)OCO4)n2)C1. The molecular formula is C18H20F3N3O2S. The van der Waals surface area contributed by atoms with Crippen LogP contribution in [0.3, 0.4) is 0 Å². The van der Waals surface area contributed by atoms with Crippen LogP contribution in [-0.2, 0) is 6.54 Å². The highest BCUT2D eigenvalue weighted by Crippen LogP contribution is 2.36. The average molecular weight is 399 g/mol. The molecule has 1 fully saturated rings. The lowest BCUT2D eigenvalue weighted by atomic mass is 10.1. The normalized spacial score (nSPS) is 19.7. The molecule has 0 radical (unpaired) electrons. The Morgan fingerprint density at radius 2 is 2.11 bits per heavy atom. The largest absolute Gasteiger partial charge is 0.454 e. The van der Waals surface area contributed by atoms with Crippen LogP contribution in [-0.4, -0.2) is 49.0 Å². The van der Waals surface area contributed by atoms with Gasteiger partial charge in [0.1, 0.15) is 5.01 Å². The zero-order valence-electron chi connectivity index (χ0n) is 14.6. The molecule has 1 atom stereocenters. The van der Waals surface area contributed by atoms with Gasteiger partial charge in [-0.1, -0.05) is 0 Å². The maximum atomic E-state index is 12.4. The number of thiazole rings is 1. The van der Waals surface area contributed by atoms with Gasteiger partial charge in [0.15, 0.2) is 11.5 Å². The lowest BCUT2D eigenvalue weighted by Gasteiger charge is -2.17. The van der Waals surface area contributed by atoms with Gasteiger partial charge < -0.3 is 14.8 Å². The molecule has 2 aromatic rings. The van der Waals surface area contributed by atoms with E-state index in [1.54, 1.807) is 11.3 Å². The van der Waals surface area contributed by atoms with Crippen molar-refractivity contribution < 1.29 is 22.6 Å². The van der Waals surface area contributed by atoms with Crippen molar-refractivity contribution in [2.24, 2.45) is 5.92 Å². The summed E-state index contributed by atoms with van der Waals surface area (Å²) in [6, 6.07) is 5.76. The molecule has 2 aliphatic heterocycles. The number of halogens is 3. The van der Waals surface area contributed by atoms with Crippen molar-refractivity contribution in [3.8, 4) is 22.1 Å². The molecule has 27 heavy (non-hydrogen) atoms. The molecule has 2 aliphatic rings. The number of alkyl halides is 3. The molecule has 1 saturated heterocycles. The second-order valence-electron chi connectivity index (χ2n) is 6.85. The van der Waals surface area contributed by atoms with E-state index in [2.05, 4.69) is 10.3 Å². The number of rotatable bonds is 6. The molecule has 0 aliphatic carbocycles. The van der Waals surface area contributed by atoms with Gasteiger partial charge in [0, 0.05) is 24.0 Å². The van der Waals surface area contributed by atoms with Gasteiger partial charge in [-0.25, -0.2) is 4.98 Å². The smallest absolute Gasteiger partial charge is 0.401 e. The number of nitrogens with one attached hydrogen (secondary N) is 1. The van der Waals surface area contributed by atoms with Crippen LogP contribution in [0.15, 0.2) is 23.6 Å². The van der Waals surface area contributed by atoms with Crippen LogP contribution in [0.5, 0.6) is 11.5 Å². The number of benzene rings is 1. The van der Waals surface area contributed by atoms with Crippen molar-refractivity contribution in [2.75, 3.05) is 33.0 Å². The van der Waals surface area contributed by atoms with Gasteiger partial charge in [-0.15, -0.1) is 11.3 Å². The maximum Gasteiger partial charge on any atom is 0.401 e. The van der Waals surface area contributed by atoms with Crippen LogP contribution in [0.25, 0.3) is 10.6 Å². The highest BCUT2D eigenvalue weighted by atomic mass is 32.1. The van der Waals surface area contributed by atoms with Gasteiger partial charge in [-0.05, 0) is 43.6 Å². The van der Waals surface area contributed by atoms with Crippen LogP contribution < -0.4 is 14.8 Å². The summed E-state index contributed by atoms with van der Waals surface area (Å²) in [5.41, 5.74) is 1.91. The topological polar surface area (TPSA) is 46.6 Å². The molecule has 5 nitrogen and oxygen atoms in total. The van der Waals surface area contributed by atoms with Gasteiger partial charge in [-0.2, -0.15) is 13.2 Å². The monoisotopic (exact) mass is 399 g/mol. The zero-order chi connectivity index (χ0) is 18.9. The van der Waals surface area contributed by atoms with E-state index in [0.29, 0.717) is 26.2 Å². The fraction of sp³-hybridized carbons (Fsp3) is 0.500. The van der Waals surface area contributed by atoms with Crippen molar-refractivity contribution in [3.05, 3.63) is 29.3 Å². The third-order valence-corrected chi connectivity index (χ3v) is 5.62. The van der Waals surface area contributed by atoms with E-state index in [1.807, 2.05) is 23.6 Å². The Bertz CT molecular complexity index is 796. The van der Waals surface area contributed by atoms with E-state index < -0.39 is 12.7 Å². The minimum Gasteiger partial charge on any atom is -0.454 e. The molecule has 0 amide bonds. The number of nitrogens with zero attached hydrogens (tertiary/aromatic N) is 2. The first-order valence-electron chi connectivity index (χ1n) is 8.80. The molecule has 4 rings (SSSR count). The van der Waals surface area contributed by atoms with Gasteiger partial charge in [0.05, 0.1) is 12.2 Å². The number of fused-ring (bicyclic) bond motifs is 1. The zero-order valence-corrected chi connectivity index (χ0v) is 15.4. The minimum atomic E-state index is -4.12. The van der Waals surface area contributed by atoms with E-state index in [0.717, 1.165) is 34.2 Å². The highest BCUT2D eigenvalue weighted by Gasteiger charge is 2.34. The molecule has 0 bridgehead atoms. The molecular weight excluding hydrogens is 379 g/mol. The summed E-state index contributed by atoms with van der Waals surface area (Å²) in [5, 5.41) is 6.23. The summed E-state index contributed by atoms with van der Waals surface area (Å²) in [6.45, 7) is 1.74. The summed E-state index contributed by atoms with van der Waals surface area (Å²) in [5.74, 6) is 1.72. The Morgan fingerprint density at radius 1 is 1.26 bits per heavy atom. The molecule has 1 N–H and O–H groups in total. The molecule has 0 saturated carbocycles. The van der Waals surface area contributed by atoms with E-state index >= 15 is 0 Å². The van der Waals surface area contributed by atoms with Crippen LogP contribution >= 0.6 is 11.3 Å². The van der Waals surface area contributed by atoms with Crippen LogP contribution in [0.4, 0.5) is 13.2 Å². The Balaban J connectivity index is 1.26. The summed E-state index contributed by atoms with van der Waals surface area (Å²) in [7, 11) is 0. The molecule has 0 spiro atoms. The van der Waals surface area contributed by atoms with Gasteiger partial charge >= 0.3 is 6.18 Å². The molecule has 146 valence electrons. The van der Waals surface area contributed by atoms with Crippen LogP contribution in [0.1, 0.15) is 12.1 Å². The van der Waals surface area contributed by atoms with E-state index in [4.69, 9.17) is 9.47 Å². The molecule has 3 heterocycles. The third kappa shape index (κ3) is 4.72. The van der Waals surface area contributed by atoms with E-state index in [-0.39, 0.29) is 12.7 Å². The Kier molecular flexibility index (Phi) is 5.25. The number of likely N-dealkylation sites (tertiary alicyclic amines) is 1. The van der Waals surface area contributed by atoms with Gasteiger partial charge in [0.2, 0.25) is 6.79 Å². The average Bonchev–Trinajstić information content (AvgIpc) is 3.33. The second kappa shape index (κ2) is 7.65. The lowest BCUT2D eigenvalue weighted by molar-refractivity contribution is -0.143. The number of aromatic nitrogens is 1. The summed E-state index contributed by atoms with van der Waals surface area (Å²) >= 11 is 1.56. The highest BCUT2D eigenvalue weighted by molar-refractivity contribution is 7.13. The van der Waals surface area contributed by atoms with Gasteiger partial charge in [0.25, 0.3) is 0 Å². The summed E-state index contributed by atoms with van der Waals surface area (Å²) in [6.07, 6.45) is -3.32. The maximum absolute atomic E-state index is 12.4. The predicted molar refractivity (Wildman–Crippen MR) is 96.0 cm³/mol. The quantitative estimate of drug-likeness (QED) is 0.806. The first-order valence-corrected chi connectivity index (χ1v) is 9.68. The standard InChI is InChI=1S/C18H20F3N3O2S/c19-18(20,21)10-24-4-3-12(8-24)6-22-7-14-9-27-17(23-14)13-1-2-15-16(5-13)26-11-25-15/h1-2,5,9,12,22H,3-4,6-8,10-11H2. The van der Waals surface area contributed by atoms with Crippen molar-refractivity contribution in [1.82, 2.24) is 15.2 Å². The van der Waals surface area contributed by atoms with E-state index in [1.165, 1.54) is 4.90 Å². The fourth-order valence-corrected chi connectivity index (χ4v) is 4.25. The number of hydrogen-bond donors (Lipinski definition) is 1. The van der Waals surface area contributed by atoms with E-state index in [9.17, 15) is 13.2 Å². The molecule has 9 heteroatoms. The molecule has 1 aromatic carbocycles. The van der Waals surface area contributed by atoms with Crippen LogP contribution in [0.2, 0.25) is 0 Å². The minimum absolute atomic E-state index is 0.243. The predicted octanol–water partition coefficient (Wildman–Crippen LogP) is 3.51. The van der Waals surface area contributed by atoms with Gasteiger partial charge in [-0.3, -0.25) is 4.90 Å². The Hall–Kier alpha value is -1.84. The fourth-order valence-electron chi connectivity index (χ4n) is 3.43. The summed E-state index contributed by atoms with van der Waals surface area (Å²) in [4.78, 5) is 6.11. The van der Waals surface area contributed by atoms with Crippen molar-refractivity contribution in [2.45, 2.75) is 19.1 Å². The first kappa shape index (κ1) is 18.5. The van der Waals surface area contributed by atoms with Crippen molar-refractivity contribution in [3.63, 3.8) is 0 Å². The Labute approximate surface area is 159 Å². The number of ether oxygens (including phenoxy) is 2. The first-order chi connectivity index (χ1) is 13.0. The molecule has 1 unspecified atom stereocenters. The summed E-state index contributed by atoms with van der Waals surface area (Å²) < 4.78 is 48.0. The van der Waals surface area contributed by atoms with Crippen molar-refractivity contribution in [1.29, 1.82) is 0 Å². The third-order valence-electron chi connectivity index (χ3n) is 4.68. The van der Waals surface area contributed by atoms with Crippen molar-refractivity contribution >= 4 is 11.3 Å². The lowest BCUT2D eigenvalue weighted by Crippen LogP contribution is -2.33. The Morgan fingerprint density at radius 3 is 2.96 bits per heavy atom. The second-order valence-corrected chi connectivity index (χ2v) is 7.71. The van der Waals surface area contributed by atoms with Crippen LogP contribution in [0, 0.1) is 5.92 Å². The molecule has 1 aromatic heterocycles.